The first kappa shape index (κ1) is 12.5. The van der Waals surface area contributed by atoms with Crippen molar-refractivity contribution in [1.29, 1.82) is 0 Å². The predicted molar refractivity (Wildman–Crippen MR) is 77.4 cm³/mol. The van der Waals surface area contributed by atoms with Crippen LogP contribution in [0.1, 0.15) is 12.5 Å². The van der Waals surface area contributed by atoms with Crippen LogP contribution in [0.15, 0.2) is 59.8 Å². The SMILES string of the molecule is CSC(C)(Sc1ccccc1)c1cccnc1. The normalized spacial score (nSPS) is 14.2. The highest BCUT2D eigenvalue weighted by atomic mass is 32.2. The summed E-state index contributed by atoms with van der Waals surface area (Å²) in [5.74, 6) is 0. The van der Waals surface area contributed by atoms with E-state index >= 15 is 0 Å². The Morgan fingerprint density at radius 2 is 1.82 bits per heavy atom. The number of rotatable bonds is 4. The third kappa shape index (κ3) is 3.05. The van der Waals surface area contributed by atoms with E-state index in [4.69, 9.17) is 0 Å². The van der Waals surface area contributed by atoms with E-state index in [9.17, 15) is 0 Å². The maximum absolute atomic E-state index is 4.21. The van der Waals surface area contributed by atoms with Crippen molar-refractivity contribution in [3.63, 3.8) is 0 Å². The lowest BCUT2D eigenvalue weighted by atomic mass is 10.2. The predicted octanol–water partition coefficient (Wildman–Crippen LogP) is 4.41. The van der Waals surface area contributed by atoms with Gasteiger partial charge in [0.25, 0.3) is 0 Å². The number of hydrogen-bond acceptors (Lipinski definition) is 3. The lowest BCUT2D eigenvalue weighted by Crippen LogP contribution is -2.11. The molecule has 3 heteroatoms. The Hall–Kier alpha value is -0.930. The Bertz CT molecular complexity index is 458. The monoisotopic (exact) mass is 261 g/mol. The second-order valence-corrected chi connectivity index (χ2v) is 6.78. The summed E-state index contributed by atoms with van der Waals surface area (Å²) in [6, 6.07) is 14.6. The lowest BCUT2D eigenvalue weighted by Gasteiger charge is -2.27. The van der Waals surface area contributed by atoms with Crippen molar-refractivity contribution < 1.29 is 0 Å². The highest BCUT2D eigenvalue weighted by Crippen LogP contribution is 2.48. The fourth-order valence-electron chi connectivity index (χ4n) is 1.56. The Morgan fingerprint density at radius 3 is 2.41 bits per heavy atom. The van der Waals surface area contributed by atoms with E-state index in [0.717, 1.165) is 0 Å². The van der Waals surface area contributed by atoms with E-state index in [1.54, 1.807) is 0 Å². The van der Waals surface area contributed by atoms with Gasteiger partial charge in [-0.1, -0.05) is 24.3 Å². The maximum Gasteiger partial charge on any atom is 0.0890 e. The summed E-state index contributed by atoms with van der Waals surface area (Å²) in [5, 5.41) is 0. The molecule has 0 amide bonds. The van der Waals surface area contributed by atoms with E-state index in [0.29, 0.717) is 0 Å². The molecule has 0 saturated heterocycles. The first-order valence-electron chi connectivity index (χ1n) is 5.44. The van der Waals surface area contributed by atoms with Gasteiger partial charge in [0.05, 0.1) is 4.08 Å². The summed E-state index contributed by atoms with van der Waals surface area (Å²) >= 11 is 3.71. The number of benzene rings is 1. The van der Waals surface area contributed by atoms with Crippen molar-refractivity contribution in [1.82, 2.24) is 4.98 Å². The molecule has 1 nitrogen and oxygen atoms in total. The molecule has 2 rings (SSSR count). The van der Waals surface area contributed by atoms with E-state index in [1.165, 1.54) is 10.5 Å². The number of thioether (sulfide) groups is 2. The third-order valence-electron chi connectivity index (χ3n) is 2.63. The average Bonchev–Trinajstić information content (AvgIpc) is 2.41. The molecule has 0 radical (unpaired) electrons. The van der Waals surface area contributed by atoms with Crippen molar-refractivity contribution in [3.8, 4) is 0 Å². The van der Waals surface area contributed by atoms with Crippen LogP contribution in [-0.2, 0) is 4.08 Å². The van der Waals surface area contributed by atoms with Crippen molar-refractivity contribution in [2.75, 3.05) is 6.26 Å². The quantitative estimate of drug-likeness (QED) is 0.597. The first-order valence-corrected chi connectivity index (χ1v) is 7.48. The summed E-state index contributed by atoms with van der Waals surface area (Å²) in [6.45, 7) is 2.24. The van der Waals surface area contributed by atoms with Gasteiger partial charge in [0.2, 0.25) is 0 Å². The fraction of sp³-hybridized carbons (Fsp3) is 0.214. The molecule has 2 aromatic rings. The molecule has 1 aromatic heterocycles. The van der Waals surface area contributed by atoms with Crippen LogP contribution in [0.2, 0.25) is 0 Å². The van der Waals surface area contributed by atoms with Crippen LogP contribution in [0.5, 0.6) is 0 Å². The smallest absolute Gasteiger partial charge is 0.0890 e. The molecular formula is C14H15NS2. The Labute approximate surface area is 111 Å². The van der Waals surface area contributed by atoms with Crippen molar-refractivity contribution in [2.45, 2.75) is 15.9 Å². The van der Waals surface area contributed by atoms with Crippen LogP contribution in [0, 0.1) is 0 Å². The van der Waals surface area contributed by atoms with Crippen molar-refractivity contribution >= 4 is 23.5 Å². The average molecular weight is 261 g/mol. The van der Waals surface area contributed by atoms with Crippen LogP contribution in [0.25, 0.3) is 0 Å². The standard InChI is InChI=1S/C14H15NS2/c1-14(16-2,12-7-6-10-15-11-12)17-13-8-4-3-5-9-13/h3-11H,1-2H3. The van der Waals surface area contributed by atoms with E-state index in [1.807, 2.05) is 48.1 Å². The topological polar surface area (TPSA) is 12.9 Å². The number of hydrogen-bond donors (Lipinski definition) is 0. The summed E-state index contributed by atoms with van der Waals surface area (Å²) in [6.07, 6.45) is 5.91. The Kier molecular flexibility index (Phi) is 4.13. The highest BCUT2D eigenvalue weighted by molar-refractivity contribution is 8.17. The van der Waals surface area contributed by atoms with Gasteiger partial charge in [-0.15, -0.1) is 23.5 Å². The van der Waals surface area contributed by atoms with Gasteiger partial charge in [-0.2, -0.15) is 0 Å². The van der Waals surface area contributed by atoms with Crippen LogP contribution in [0.3, 0.4) is 0 Å². The molecule has 0 aliphatic carbocycles. The summed E-state index contributed by atoms with van der Waals surface area (Å²) in [5.41, 5.74) is 1.25. The molecule has 1 atom stereocenters. The van der Waals surface area contributed by atoms with Gasteiger partial charge >= 0.3 is 0 Å². The molecule has 0 aliphatic heterocycles. The van der Waals surface area contributed by atoms with Crippen LogP contribution in [-0.4, -0.2) is 11.2 Å². The molecule has 0 aliphatic rings. The highest BCUT2D eigenvalue weighted by Gasteiger charge is 2.26. The summed E-state index contributed by atoms with van der Waals surface area (Å²) in [4.78, 5) is 5.50. The van der Waals surface area contributed by atoms with Gasteiger partial charge in [0.1, 0.15) is 0 Å². The minimum atomic E-state index is 0.00954. The molecule has 88 valence electrons. The van der Waals surface area contributed by atoms with Gasteiger partial charge in [-0.05, 0) is 36.9 Å². The van der Waals surface area contributed by atoms with Gasteiger partial charge in [0, 0.05) is 17.3 Å². The maximum atomic E-state index is 4.21. The summed E-state index contributed by atoms with van der Waals surface area (Å²) in [7, 11) is 0. The molecule has 17 heavy (non-hydrogen) atoms. The third-order valence-corrected chi connectivity index (χ3v) is 5.53. The van der Waals surface area contributed by atoms with Gasteiger partial charge < -0.3 is 0 Å². The van der Waals surface area contributed by atoms with Gasteiger partial charge in [0.15, 0.2) is 0 Å². The zero-order valence-corrected chi connectivity index (χ0v) is 11.6. The summed E-state index contributed by atoms with van der Waals surface area (Å²) < 4.78 is 0.00954. The molecule has 1 unspecified atom stereocenters. The number of pyridine rings is 1. The molecule has 0 bridgehead atoms. The lowest BCUT2D eigenvalue weighted by molar-refractivity contribution is 0.993. The number of aromatic nitrogens is 1. The fourth-order valence-corrected chi connectivity index (χ4v) is 3.52. The Balaban J connectivity index is 2.27. The molecular weight excluding hydrogens is 246 g/mol. The minimum absolute atomic E-state index is 0.00954. The van der Waals surface area contributed by atoms with E-state index in [-0.39, 0.29) is 4.08 Å². The second kappa shape index (κ2) is 5.61. The molecule has 1 heterocycles. The molecule has 1 aromatic carbocycles. The van der Waals surface area contributed by atoms with Gasteiger partial charge in [-0.25, -0.2) is 0 Å². The van der Waals surface area contributed by atoms with Gasteiger partial charge in [-0.3, -0.25) is 4.98 Å². The zero-order chi connectivity index (χ0) is 12.1. The van der Waals surface area contributed by atoms with E-state index < -0.39 is 0 Å². The second-order valence-electron chi connectivity index (χ2n) is 3.81. The number of nitrogens with zero attached hydrogens (tertiary/aromatic N) is 1. The largest absolute Gasteiger partial charge is 0.264 e. The van der Waals surface area contributed by atoms with Crippen LogP contribution in [0.4, 0.5) is 0 Å². The molecule has 0 saturated carbocycles. The minimum Gasteiger partial charge on any atom is -0.264 e. The zero-order valence-electron chi connectivity index (χ0n) is 9.96. The molecule has 0 spiro atoms. The first-order chi connectivity index (χ1) is 8.24. The van der Waals surface area contributed by atoms with Crippen molar-refractivity contribution in [2.24, 2.45) is 0 Å². The molecule has 0 fully saturated rings. The van der Waals surface area contributed by atoms with E-state index in [2.05, 4.69) is 48.5 Å². The van der Waals surface area contributed by atoms with Crippen LogP contribution >= 0.6 is 23.5 Å². The van der Waals surface area contributed by atoms with Crippen LogP contribution < -0.4 is 0 Å². The molecule has 0 N–H and O–H groups in total. The Morgan fingerprint density at radius 1 is 1.06 bits per heavy atom. The van der Waals surface area contributed by atoms with Crippen molar-refractivity contribution in [3.05, 3.63) is 60.4 Å².